The smallest absolute Gasteiger partial charge is 0.251 e. The molecule has 1 aliphatic rings. The van der Waals surface area contributed by atoms with E-state index < -0.39 is 0 Å². The molecule has 1 N–H and O–H groups in total. The summed E-state index contributed by atoms with van der Waals surface area (Å²) in [5, 5.41) is 3.81. The molecule has 5 nitrogen and oxygen atoms in total. The number of hydrogen-bond donors (Lipinski definition) is 1. The standard InChI is InChI=1S/C21H26ClN3O2/c1-24-11-13-25(14-12-24)20(16-3-7-18(22)8-4-16)15-23-21(26)17-5-9-19(27-2)10-6-17/h3-10,20H,11-15H2,1-2H3,(H,23,26)/t20-/m0/s1. The first-order chi connectivity index (χ1) is 13.1. The average molecular weight is 388 g/mol. The Morgan fingerprint density at radius 3 is 2.30 bits per heavy atom. The minimum atomic E-state index is -0.0780. The van der Waals surface area contributed by atoms with Gasteiger partial charge in [0.15, 0.2) is 0 Å². The number of hydrogen-bond acceptors (Lipinski definition) is 4. The minimum absolute atomic E-state index is 0.0780. The molecule has 1 amide bonds. The maximum Gasteiger partial charge on any atom is 0.251 e. The highest BCUT2D eigenvalue weighted by molar-refractivity contribution is 6.30. The molecule has 3 rings (SSSR count). The average Bonchev–Trinajstić information content (AvgIpc) is 2.70. The minimum Gasteiger partial charge on any atom is -0.497 e. The van der Waals surface area contributed by atoms with Gasteiger partial charge >= 0.3 is 0 Å². The first kappa shape index (κ1) is 19.7. The zero-order valence-electron chi connectivity index (χ0n) is 15.8. The third-order valence-electron chi connectivity index (χ3n) is 5.04. The highest BCUT2D eigenvalue weighted by atomic mass is 35.5. The first-order valence-corrected chi connectivity index (χ1v) is 9.55. The van der Waals surface area contributed by atoms with Gasteiger partial charge in [0, 0.05) is 43.3 Å². The van der Waals surface area contributed by atoms with Gasteiger partial charge in [-0.25, -0.2) is 0 Å². The van der Waals surface area contributed by atoms with E-state index in [-0.39, 0.29) is 11.9 Å². The van der Waals surface area contributed by atoms with Gasteiger partial charge in [-0.1, -0.05) is 23.7 Å². The quantitative estimate of drug-likeness (QED) is 0.827. The molecule has 0 unspecified atom stereocenters. The number of carbonyl (C=O) groups is 1. The van der Waals surface area contributed by atoms with Crippen LogP contribution in [0.3, 0.4) is 0 Å². The van der Waals surface area contributed by atoms with Gasteiger partial charge in [0.25, 0.3) is 5.91 Å². The summed E-state index contributed by atoms with van der Waals surface area (Å²) in [5.74, 6) is 0.661. The second kappa shape index (κ2) is 9.22. The van der Waals surface area contributed by atoms with Crippen molar-refractivity contribution >= 4 is 17.5 Å². The molecule has 1 fully saturated rings. The lowest BCUT2D eigenvalue weighted by Gasteiger charge is -2.38. The van der Waals surface area contributed by atoms with Crippen molar-refractivity contribution in [3.8, 4) is 5.75 Å². The molecule has 0 spiro atoms. The summed E-state index contributed by atoms with van der Waals surface area (Å²) in [6.45, 7) is 4.55. The maximum atomic E-state index is 12.6. The number of nitrogens with zero attached hydrogens (tertiary/aromatic N) is 2. The third-order valence-corrected chi connectivity index (χ3v) is 5.29. The normalized spacial score (nSPS) is 16.7. The molecule has 2 aromatic rings. The lowest BCUT2D eigenvalue weighted by Crippen LogP contribution is -2.48. The van der Waals surface area contributed by atoms with Crippen LogP contribution >= 0.6 is 11.6 Å². The largest absolute Gasteiger partial charge is 0.497 e. The van der Waals surface area contributed by atoms with Gasteiger partial charge in [-0.05, 0) is 49.0 Å². The van der Waals surface area contributed by atoms with Gasteiger partial charge in [0.1, 0.15) is 5.75 Å². The molecule has 0 aliphatic carbocycles. The fourth-order valence-electron chi connectivity index (χ4n) is 3.31. The Morgan fingerprint density at radius 1 is 1.07 bits per heavy atom. The van der Waals surface area contributed by atoms with Gasteiger partial charge in [-0.15, -0.1) is 0 Å². The Kier molecular flexibility index (Phi) is 6.72. The number of benzene rings is 2. The summed E-state index contributed by atoms with van der Waals surface area (Å²) < 4.78 is 5.15. The summed E-state index contributed by atoms with van der Waals surface area (Å²) in [6.07, 6.45) is 0. The second-order valence-electron chi connectivity index (χ2n) is 6.85. The van der Waals surface area contributed by atoms with Gasteiger partial charge in [-0.3, -0.25) is 9.69 Å². The summed E-state index contributed by atoms with van der Waals surface area (Å²) in [4.78, 5) is 17.3. The predicted octanol–water partition coefficient (Wildman–Crippen LogP) is 3.07. The molecule has 6 heteroatoms. The Hall–Kier alpha value is -2.08. The van der Waals surface area contributed by atoms with Crippen molar-refractivity contribution in [3.63, 3.8) is 0 Å². The Balaban J connectivity index is 1.70. The van der Waals surface area contributed by atoms with E-state index in [1.165, 1.54) is 5.56 Å². The zero-order valence-corrected chi connectivity index (χ0v) is 16.6. The molecule has 144 valence electrons. The van der Waals surface area contributed by atoms with Crippen molar-refractivity contribution in [1.82, 2.24) is 15.1 Å². The molecule has 0 radical (unpaired) electrons. The van der Waals surface area contributed by atoms with Crippen LogP contribution < -0.4 is 10.1 Å². The number of ether oxygens (including phenoxy) is 1. The van der Waals surface area contributed by atoms with E-state index in [1.54, 1.807) is 31.4 Å². The van der Waals surface area contributed by atoms with Crippen LogP contribution in [0, 0.1) is 0 Å². The van der Waals surface area contributed by atoms with Crippen molar-refractivity contribution in [2.75, 3.05) is 46.9 Å². The van der Waals surface area contributed by atoms with Gasteiger partial charge in [0.2, 0.25) is 0 Å². The lowest BCUT2D eigenvalue weighted by molar-refractivity contribution is 0.0886. The fourth-order valence-corrected chi connectivity index (χ4v) is 3.44. The number of piperazine rings is 1. The van der Waals surface area contributed by atoms with E-state index in [9.17, 15) is 4.79 Å². The van der Waals surface area contributed by atoms with Crippen LogP contribution in [0.1, 0.15) is 22.0 Å². The Morgan fingerprint density at radius 2 is 1.70 bits per heavy atom. The summed E-state index contributed by atoms with van der Waals surface area (Å²) in [6, 6.07) is 15.2. The second-order valence-corrected chi connectivity index (χ2v) is 7.28. The van der Waals surface area contributed by atoms with Crippen LogP contribution in [0.25, 0.3) is 0 Å². The topological polar surface area (TPSA) is 44.8 Å². The molecule has 1 saturated heterocycles. The maximum absolute atomic E-state index is 12.6. The summed E-state index contributed by atoms with van der Waals surface area (Å²) >= 11 is 6.05. The fraction of sp³-hybridized carbons (Fsp3) is 0.381. The van der Waals surface area contributed by atoms with Crippen molar-refractivity contribution in [2.24, 2.45) is 0 Å². The first-order valence-electron chi connectivity index (χ1n) is 9.17. The zero-order chi connectivity index (χ0) is 19.2. The Labute approximate surface area is 165 Å². The number of likely N-dealkylation sites (N-methyl/N-ethyl adjacent to an activating group) is 1. The van der Waals surface area contributed by atoms with Crippen LogP contribution in [-0.2, 0) is 0 Å². The number of nitrogens with one attached hydrogen (secondary N) is 1. The molecular weight excluding hydrogens is 362 g/mol. The van der Waals surface area contributed by atoms with E-state index in [2.05, 4.69) is 22.2 Å². The van der Waals surface area contributed by atoms with Crippen molar-refractivity contribution in [3.05, 3.63) is 64.7 Å². The highest BCUT2D eigenvalue weighted by Crippen LogP contribution is 2.23. The van der Waals surface area contributed by atoms with Crippen LogP contribution in [0.15, 0.2) is 48.5 Å². The van der Waals surface area contributed by atoms with Crippen molar-refractivity contribution in [1.29, 1.82) is 0 Å². The van der Waals surface area contributed by atoms with Gasteiger partial charge in [0.05, 0.1) is 13.2 Å². The molecular formula is C21H26ClN3O2. The predicted molar refractivity (Wildman–Crippen MR) is 109 cm³/mol. The monoisotopic (exact) mass is 387 g/mol. The van der Waals surface area contributed by atoms with Crippen LogP contribution in [0.5, 0.6) is 5.75 Å². The lowest BCUT2D eigenvalue weighted by atomic mass is 10.0. The number of halogens is 1. The molecule has 0 aromatic heterocycles. The van der Waals surface area contributed by atoms with E-state index in [1.807, 2.05) is 24.3 Å². The molecule has 0 saturated carbocycles. The van der Waals surface area contributed by atoms with E-state index >= 15 is 0 Å². The molecule has 27 heavy (non-hydrogen) atoms. The van der Waals surface area contributed by atoms with Crippen LogP contribution in [-0.4, -0.2) is 62.6 Å². The van der Waals surface area contributed by atoms with E-state index in [0.717, 1.165) is 37.0 Å². The summed E-state index contributed by atoms with van der Waals surface area (Å²) in [7, 11) is 3.75. The van der Waals surface area contributed by atoms with E-state index in [4.69, 9.17) is 16.3 Å². The molecule has 1 atom stereocenters. The number of amides is 1. The third kappa shape index (κ3) is 5.22. The SMILES string of the molecule is COc1ccc(C(=O)NC[C@@H](c2ccc(Cl)cc2)N2CCN(C)CC2)cc1. The molecule has 1 heterocycles. The number of rotatable bonds is 6. The molecule has 1 aliphatic heterocycles. The Bertz CT molecular complexity index is 741. The highest BCUT2D eigenvalue weighted by Gasteiger charge is 2.24. The van der Waals surface area contributed by atoms with E-state index in [0.29, 0.717) is 12.1 Å². The van der Waals surface area contributed by atoms with Crippen molar-refractivity contribution in [2.45, 2.75) is 6.04 Å². The van der Waals surface area contributed by atoms with Crippen LogP contribution in [0.2, 0.25) is 5.02 Å². The molecule has 2 aromatic carbocycles. The van der Waals surface area contributed by atoms with Crippen LogP contribution in [0.4, 0.5) is 0 Å². The summed E-state index contributed by atoms with van der Waals surface area (Å²) in [5.41, 5.74) is 1.79. The van der Waals surface area contributed by atoms with Crippen molar-refractivity contribution < 1.29 is 9.53 Å². The number of carbonyl (C=O) groups excluding carboxylic acids is 1. The molecule has 0 bridgehead atoms. The van der Waals surface area contributed by atoms with Gasteiger partial charge in [-0.2, -0.15) is 0 Å². The van der Waals surface area contributed by atoms with Gasteiger partial charge < -0.3 is 15.0 Å². The number of methoxy groups -OCH3 is 1.